The van der Waals surface area contributed by atoms with E-state index in [1.807, 2.05) is 6.92 Å². The van der Waals surface area contributed by atoms with Gasteiger partial charge in [-0.05, 0) is 41.0 Å². The lowest BCUT2D eigenvalue weighted by Crippen LogP contribution is -2.33. The standard InChI is InChI=1S/C21H45N2O2P/c1-7-9-10-11-12-13-14-15-16-17-18-24-26(25-19-22-8-2)23(20(3)4)21(5)6/h19-21H,7-18H2,1-6H3/b22-19+. The van der Waals surface area contributed by atoms with Crippen LogP contribution in [0.3, 0.4) is 0 Å². The summed E-state index contributed by atoms with van der Waals surface area (Å²) in [5, 5.41) is 0. The smallest absolute Gasteiger partial charge is 0.322 e. The lowest BCUT2D eigenvalue weighted by molar-refractivity contribution is 0.213. The van der Waals surface area contributed by atoms with Gasteiger partial charge in [0.15, 0.2) is 6.40 Å². The van der Waals surface area contributed by atoms with Crippen molar-refractivity contribution in [2.24, 2.45) is 4.99 Å². The summed E-state index contributed by atoms with van der Waals surface area (Å²) in [5.74, 6) is 0. The first kappa shape index (κ1) is 25.8. The third-order valence-electron chi connectivity index (χ3n) is 4.34. The molecule has 0 saturated carbocycles. The van der Waals surface area contributed by atoms with Crippen LogP contribution in [0, 0.1) is 0 Å². The van der Waals surface area contributed by atoms with Crippen LogP contribution in [0.15, 0.2) is 4.99 Å². The molecule has 0 heterocycles. The first-order valence-electron chi connectivity index (χ1n) is 10.9. The second kappa shape index (κ2) is 18.2. The molecule has 156 valence electrons. The SMILES string of the molecule is CCCCCCCCCCCCOP(O/C=N/CC)N(C(C)C)C(C)C. The van der Waals surface area contributed by atoms with Crippen molar-refractivity contribution in [2.45, 2.75) is 118 Å². The van der Waals surface area contributed by atoms with Crippen molar-refractivity contribution in [1.29, 1.82) is 0 Å². The maximum atomic E-state index is 6.12. The molecule has 0 saturated heterocycles. The number of hydrogen-bond acceptors (Lipinski definition) is 4. The Morgan fingerprint density at radius 3 is 1.77 bits per heavy atom. The van der Waals surface area contributed by atoms with Crippen LogP contribution in [0.1, 0.15) is 106 Å². The summed E-state index contributed by atoms with van der Waals surface area (Å²) in [4.78, 5) is 4.18. The molecule has 0 N–H and O–H groups in total. The molecule has 26 heavy (non-hydrogen) atoms. The second-order valence-electron chi connectivity index (χ2n) is 7.53. The van der Waals surface area contributed by atoms with E-state index in [1.165, 1.54) is 57.8 Å². The molecule has 0 aromatic carbocycles. The predicted molar refractivity (Wildman–Crippen MR) is 117 cm³/mol. The lowest BCUT2D eigenvalue weighted by Gasteiger charge is -2.34. The van der Waals surface area contributed by atoms with Crippen LogP contribution in [0.25, 0.3) is 0 Å². The van der Waals surface area contributed by atoms with Crippen molar-refractivity contribution in [3.63, 3.8) is 0 Å². The van der Waals surface area contributed by atoms with Crippen molar-refractivity contribution < 1.29 is 9.05 Å². The highest BCUT2D eigenvalue weighted by Crippen LogP contribution is 2.45. The summed E-state index contributed by atoms with van der Waals surface area (Å²) in [6.45, 7) is 14.6. The maximum absolute atomic E-state index is 6.12. The van der Waals surface area contributed by atoms with Crippen LogP contribution < -0.4 is 0 Å². The largest absolute Gasteiger partial charge is 0.425 e. The Morgan fingerprint density at radius 2 is 1.31 bits per heavy atom. The number of nitrogens with zero attached hydrogens (tertiary/aromatic N) is 2. The molecule has 0 aromatic heterocycles. The van der Waals surface area contributed by atoms with Crippen molar-refractivity contribution in [2.75, 3.05) is 13.2 Å². The Labute approximate surface area is 165 Å². The minimum absolute atomic E-state index is 0.392. The quantitative estimate of drug-likeness (QED) is 0.107. The Morgan fingerprint density at radius 1 is 0.808 bits per heavy atom. The summed E-state index contributed by atoms with van der Waals surface area (Å²) >= 11 is 0. The molecule has 0 fully saturated rings. The van der Waals surface area contributed by atoms with E-state index in [-0.39, 0.29) is 0 Å². The number of hydrogen-bond donors (Lipinski definition) is 0. The molecule has 0 aliphatic rings. The first-order valence-corrected chi connectivity index (χ1v) is 12.0. The number of aliphatic imine (C=N–C) groups is 1. The Bertz CT molecular complexity index is 317. The van der Waals surface area contributed by atoms with Gasteiger partial charge in [0.2, 0.25) is 0 Å². The molecule has 0 aliphatic carbocycles. The van der Waals surface area contributed by atoms with Crippen LogP contribution in [-0.2, 0) is 9.05 Å². The van der Waals surface area contributed by atoms with E-state index in [2.05, 4.69) is 44.3 Å². The van der Waals surface area contributed by atoms with E-state index in [0.717, 1.165) is 19.6 Å². The molecule has 4 nitrogen and oxygen atoms in total. The third-order valence-corrected chi connectivity index (χ3v) is 6.32. The first-order chi connectivity index (χ1) is 12.5. The molecular weight excluding hydrogens is 343 g/mol. The van der Waals surface area contributed by atoms with Gasteiger partial charge in [0.25, 0.3) is 0 Å². The van der Waals surface area contributed by atoms with Gasteiger partial charge < -0.3 is 9.05 Å². The number of unbranched alkanes of at least 4 members (excludes halogenated alkanes) is 9. The zero-order valence-electron chi connectivity index (χ0n) is 18.4. The summed E-state index contributed by atoms with van der Waals surface area (Å²) in [6, 6.07) is 0.785. The monoisotopic (exact) mass is 388 g/mol. The molecule has 0 rings (SSSR count). The van der Waals surface area contributed by atoms with E-state index in [4.69, 9.17) is 9.05 Å². The van der Waals surface area contributed by atoms with Gasteiger partial charge in [0, 0.05) is 18.6 Å². The van der Waals surface area contributed by atoms with Crippen LogP contribution in [-0.4, -0.2) is 36.3 Å². The van der Waals surface area contributed by atoms with Gasteiger partial charge in [0.1, 0.15) is 0 Å². The Kier molecular flexibility index (Phi) is 18.1. The highest BCUT2D eigenvalue weighted by molar-refractivity contribution is 7.45. The van der Waals surface area contributed by atoms with Gasteiger partial charge in [-0.1, -0.05) is 64.7 Å². The summed E-state index contributed by atoms with van der Waals surface area (Å²) < 4.78 is 14.3. The van der Waals surface area contributed by atoms with Crippen LogP contribution in [0.2, 0.25) is 0 Å². The second-order valence-corrected chi connectivity index (χ2v) is 8.94. The van der Waals surface area contributed by atoms with Crippen molar-refractivity contribution in [3.05, 3.63) is 0 Å². The lowest BCUT2D eigenvalue weighted by atomic mass is 10.1. The average Bonchev–Trinajstić information content (AvgIpc) is 2.58. The average molecular weight is 389 g/mol. The predicted octanol–water partition coefficient (Wildman–Crippen LogP) is 7.33. The topological polar surface area (TPSA) is 34.1 Å². The minimum atomic E-state index is -1.07. The van der Waals surface area contributed by atoms with E-state index in [1.54, 1.807) is 6.40 Å². The van der Waals surface area contributed by atoms with E-state index in [9.17, 15) is 0 Å². The van der Waals surface area contributed by atoms with Gasteiger partial charge in [-0.2, -0.15) is 0 Å². The molecule has 0 spiro atoms. The van der Waals surface area contributed by atoms with Crippen molar-refractivity contribution in [3.8, 4) is 0 Å². The normalized spacial score (nSPS) is 13.4. The highest BCUT2D eigenvalue weighted by atomic mass is 31.2. The molecule has 1 unspecified atom stereocenters. The van der Waals surface area contributed by atoms with Crippen LogP contribution in [0.4, 0.5) is 0 Å². The summed E-state index contributed by atoms with van der Waals surface area (Å²) in [6.07, 6.45) is 15.0. The molecule has 0 aromatic rings. The molecule has 0 amide bonds. The van der Waals surface area contributed by atoms with Crippen LogP contribution in [0.5, 0.6) is 0 Å². The fourth-order valence-electron chi connectivity index (χ4n) is 3.01. The number of rotatable bonds is 18. The van der Waals surface area contributed by atoms with Crippen LogP contribution >= 0.6 is 8.53 Å². The highest BCUT2D eigenvalue weighted by Gasteiger charge is 2.27. The summed E-state index contributed by atoms with van der Waals surface area (Å²) in [7, 11) is -1.07. The summed E-state index contributed by atoms with van der Waals surface area (Å²) in [5.41, 5.74) is 0. The fraction of sp³-hybridized carbons (Fsp3) is 0.952. The molecule has 0 radical (unpaired) electrons. The molecule has 1 atom stereocenters. The molecule has 5 heteroatoms. The maximum Gasteiger partial charge on any atom is 0.322 e. The van der Waals surface area contributed by atoms with Gasteiger partial charge in [-0.3, -0.25) is 4.99 Å². The zero-order valence-corrected chi connectivity index (χ0v) is 19.3. The van der Waals surface area contributed by atoms with Gasteiger partial charge in [-0.25, -0.2) is 4.67 Å². The van der Waals surface area contributed by atoms with E-state index in [0.29, 0.717) is 12.1 Å². The van der Waals surface area contributed by atoms with E-state index < -0.39 is 8.53 Å². The van der Waals surface area contributed by atoms with Gasteiger partial charge >= 0.3 is 8.53 Å². The van der Waals surface area contributed by atoms with Gasteiger partial charge in [0.05, 0.1) is 6.61 Å². The Balaban J connectivity index is 3.97. The van der Waals surface area contributed by atoms with Crippen molar-refractivity contribution >= 4 is 14.9 Å². The molecular formula is C21H45N2O2P. The minimum Gasteiger partial charge on any atom is -0.425 e. The Hall–Kier alpha value is -0.180. The molecule has 0 bridgehead atoms. The third kappa shape index (κ3) is 13.9. The molecule has 0 aliphatic heterocycles. The van der Waals surface area contributed by atoms with Crippen molar-refractivity contribution in [1.82, 2.24) is 4.67 Å². The van der Waals surface area contributed by atoms with Gasteiger partial charge in [-0.15, -0.1) is 0 Å². The van der Waals surface area contributed by atoms with E-state index >= 15 is 0 Å². The zero-order chi connectivity index (χ0) is 19.6. The fourth-order valence-corrected chi connectivity index (χ4v) is 4.50.